The van der Waals surface area contributed by atoms with Gasteiger partial charge in [-0.2, -0.15) is 0 Å². The number of hydrogen-bond acceptors (Lipinski definition) is 1. The molecule has 0 saturated heterocycles. The van der Waals surface area contributed by atoms with Crippen LogP contribution in [0.25, 0.3) is 0 Å². The van der Waals surface area contributed by atoms with Crippen LogP contribution >= 0.6 is 0 Å². The highest BCUT2D eigenvalue weighted by Crippen LogP contribution is 1.95. The molecule has 0 fully saturated rings. The van der Waals surface area contributed by atoms with Gasteiger partial charge in [-0.05, 0) is 12.2 Å². The van der Waals surface area contributed by atoms with Gasteiger partial charge in [0.05, 0.1) is 0 Å². The van der Waals surface area contributed by atoms with Crippen LogP contribution < -0.4 is 0 Å². The fraction of sp³-hybridized carbons (Fsp3) is 0.167. The van der Waals surface area contributed by atoms with Gasteiger partial charge in [-0.25, -0.2) is 0 Å². The van der Waals surface area contributed by atoms with Crippen molar-refractivity contribution in [2.45, 2.75) is 6.55 Å². The van der Waals surface area contributed by atoms with Crippen molar-refractivity contribution in [1.29, 1.82) is 0 Å². The van der Waals surface area contributed by atoms with E-state index in [-0.39, 0.29) is 5.78 Å². The molecule has 0 bridgehead atoms. The van der Waals surface area contributed by atoms with Gasteiger partial charge in [0.2, 0.25) is 0 Å². The minimum Gasteiger partial charge on any atom is -0.290 e. The molecule has 2 heteroatoms. The van der Waals surface area contributed by atoms with Gasteiger partial charge in [-0.3, -0.25) is 4.79 Å². The smallest absolute Gasteiger partial charge is 0.177 e. The number of hydrogen-bond donors (Lipinski definition) is 0. The Bertz CT molecular complexity index is 142. The van der Waals surface area contributed by atoms with E-state index < -0.39 is 8.80 Å². The topological polar surface area (TPSA) is 17.1 Å². The summed E-state index contributed by atoms with van der Waals surface area (Å²) >= 11 is 0. The second kappa shape index (κ2) is 2.09. The molecule has 1 heterocycles. The molecule has 8 heavy (non-hydrogen) atoms. The molecule has 0 aromatic heterocycles. The summed E-state index contributed by atoms with van der Waals surface area (Å²) in [6.07, 6.45) is 3.29. The fourth-order valence-electron chi connectivity index (χ4n) is 0.538. The van der Waals surface area contributed by atoms with E-state index in [1.165, 1.54) is 0 Å². The van der Waals surface area contributed by atoms with E-state index in [9.17, 15) is 4.79 Å². The molecule has 0 aromatic carbocycles. The number of carbonyl (C=O) groups is 1. The monoisotopic (exact) mass is 123 g/mol. The predicted octanol–water partition coefficient (Wildman–Crippen LogP) is 0.884. The largest absolute Gasteiger partial charge is 0.290 e. The van der Waals surface area contributed by atoms with Gasteiger partial charge in [0.1, 0.15) is 8.80 Å². The normalized spacial score (nSPS) is 19.9. The molecule has 1 nitrogen and oxygen atoms in total. The Hall–Kier alpha value is -0.633. The Kier molecular flexibility index (Phi) is 1.44. The minimum atomic E-state index is -0.408. The van der Waals surface area contributed by atoms with Crippen LogP contribution in [0.2, 0.25) is 6.55 Å². The van der Waals surface area contributed by atoms with E-state index in [1.807, 2.05) is 11.4 Å². The molecule has 0 aromatic rings. The molecular weight excluding hydrogens is 116 g/mol. The van der Waals surface area contributed by atoms with E-state index in [2.05, 4.69) is 6.55 Å². The molecule has 1 rings (SSSR count). The summed E-state index contributed by atoms with van der Waals surface area (Å²) in [4.78, 5) is 10.5. The summed E-state index contributed by atoms with van der Waals surface area (Å²) in [7, 11) is -0.408. The quantitative estimate of drug-likeness (QED) is 0.437. The van der Waals surface area contributed by atoms with Crippen LogP contribution in [-0.4, -0.2) is 14.6 Å². The lowest BCUT2D eigenvalue weighted by Gasteiger charge is -1.97. The maximum absolute atomic E-state index is 10.5. The average Bonchev–Trinajstić information content (AvgIpc) is 1.77. The maximum atomic E-state index is 10.5. The summed E-state index contributed by atoms with van der Waals surface area (Å²) < 4.78 is 0. The summed E-state index contributed by atoms with van der Waals surface area (Å²) in [5, 5.41) is 0. The van der Waals surface area contributed by atoms with Gasteiger partial charge in [0.15, 0.2) is 5.78 Å². The molecule has 0 aliphatic carbocycles. The summed E-state index contributed by atoms with van der Waals surface area (Å²) in [5.41, 5.74) is 3.99. The van der Waals surface area contributed by atoms with Crippen molar-refractivity contribution in [2.24, 2.45) is 0 Å². The number of carbonyl (C=O) groups excluding carboxylic acids is 1. The van der Waals surface area contributed by atoms with Crippen LogP contribution in [0, 0.1) is 0 Å². The number of ketones is 1. The first-order chi connectivity index (χ1) is 3.79. The predicted molar refractivity (Wildman–Crippen MR) is 34.9 cm³/mol. The lowest BCUT2D eigenvalue weighted by atomic mass is 10.4. The van der Waals surface area contributed by atoms with Crippen molar-refractivity contribution >= 4 is 14.6 Å². The highest BCUT2D eigenvalue weighted by Gasteiger charge is 2.00. The van der Waals surface area contributed by atoms with Gasteiger partial charge in [0, 0.05) is 0 Å². The number of allylic oxidation sites excluding steroid dienone is 2. The lowest BCUT2D eigenvalue weighted by molar-refractivity contribution is -0.110. The van der Waals surface area contributed by atoms with E-state index >= 15 is 0 Å². The summed E-state index contributed by atoms with van der Waals surface area (Å²) in [5.74, 6) is 0.126. The van der Waals surface area contributed by atoms with Crippen molar-refractivity contribution < 1.29 is 4.79 Å². The van der Waals surface area contributed by atoms with Crippen LogP contribution in [0.15, 0.2) is 23.6 Å². The Labute approximate surface area is 50.3 Å². The maximum Gasteiger partial charge on any atom is 0.177 e. The van der Waals surface area contributed by atoms with Crippen molar-refractivity contribution in [2.75, 3.05) is 0 Å². The third-order valence-electron chi connectivity index (χ3n) is 1.02. The second-order valence-corrected chi connectivity index (χ2v) is 3.97. The molecular formula is C6H7OSi. The van der Waals surface area contributed by atoms with E-state index in [0.717, 1.165) is 0 Å². The third kappa shape index (κ3) is 1.17. The van der Waals surface area contributed by atoms with Crippen molar-refractivity contribution in [1.82, 2.24) is 0 Å². The SMILES string of the molecule is C[Si]1C=CC(=O)C=C1. The molecule has 1 aliphatic heterocycles. The molecule has 0 saturated carbocycles. The fourth-order valence-corrected chi connectivity index (χ4v) is 1.50. The molecule has 0 spiro atoms. The first kappa shape index (κ1) is 5.50. The van der Waals surface area contributed by atoms with Crippen LogP contribution in [0.3, 0.4) is 0 Å². The molecule has 1 radical (unpaired) electrons. The van der Waals surface area contributed by atoms with Gasteiger partial charge in [-0.1, -0.05) is 17.9 Å². The minimum absolute atomic E-state index is 0.126. The molecule has 41 valence electrons. The zero-order valence-electron chi connectivity index (χ0n) is 4.72. The second-order valence-electron chi connectivity index (χ2n) is 1.81. The van der Waals surface area contributed by atoms with Gasteiger partial charge in [-0.15, -0.1) is 0 Å². The van der Waals surface area contributed by atoms with E-state index in [0.29, 0.717) is 0 Å². The molecule has 0 N–H and O–H groups in total. The zero-order chi connectivity index (χ0) is 5.98. The summed E-state index contributed by atoms with van der Waals surface area (Å²) in [6, 6.07) is 0. The lowest BCUT2D eigenvalue weighted by Crippen LogP contribution is -2.05. The third-order valence-corrected chi connectivity index (χ3v) is 2.41. The molecule has 0 atom stereocenters. The van der Waals surface area contributed by atoms with Gasteiger partial charge < -0.3 is 0 Å². The standard InChI is InChI=1S/C6H7OSi/c1-8-4-2-6(7)3-5-8/h2-5H,1H3. The van der Waals surface area contributed by atoms with Gasteiger partial charge in [0.25, 0.3) is 0 Å². The Balaban J connectivity index is 2.68. The van der Waals surface area contributed by atoms with Crippen LogP contribution in [-0.2, 0) is 4.79 Å². The first-order valence-electron chi connectivity index (χ1n) is 2.53. The van der Waals surface area contributed by atoms with Crippen LogP contribution in [0.5, 0.6) is 0 Å². The Morgan fingerprint density at radius 1 is 1.38 bits per heavy atom. The summed E-state index contributed by atoms with van der Waals surface area (Å²) in [6.45, 7) is 2.14. The average molecular weight is 123 g/mol. The van der Waals surface area contributed by atoms with Crippen LogP contribution in [0.4, 0.5) is 0 Å². The molecule has 1 aliphatic rings. The Morgan fingerprint density at radius 2 is 1.88 bits per heavy atom. The van der Waals surface area contributed by atoms with Crippen molar-refractivity contribution in [3.63, 3.8) is 0 Å². The highest BCUT2D eigenvalue weighted by atomic mass is 28.3. The van der Waals surface area contributed by atoms with Crippen LogP contribution in [0.1, 0.15) is 0 Å². The first-order valence-corrected chi connectivity index (χ1v) is 4.68. The number of rotatable bonds is 0. The molecule has 0 amide bonds. The zero-order valence-corrected chi connectivity index (χ0v) is 5.72. The van der Waals surface area contributed by atoms with E-state index in [1.54, 1.807) is 12.2 Å². The van der Waals surface area contributed by atoms with E-state index in [4.69, 9.17) is 0 Å². The van der Waals surface area contributed by atoms with Crippen molar-refractivity contribution in [3.8, 4) is 0 Å². The molecule has 0 unspecified atom stereocenters. The van der Waals surface area contributed by atoms with Gasteiger partial charge >= 0.3 is 0 Å². The van der Waals surface area contributed by atoms with Crippen molar-refractivity contribution in [3.05, 3.63) is 23.6 Å². The Morgan fingerprint density at radius 3 is 2.25 bits per heavy atom. The highest BCUT2D eigenvalue weighted by molar-refractivity contribution is 6.69.